The fourth-order valence-corrected chi connectivity index (χ4v) is 4.50. The monoisotopic (exact) mass is 462 g/mol. The van der Waals surface area contributed by atoms with Gasteiger partial charge in [-0.2, -0.15) is 4.98 Å². The maximum absolute atomic E-state index is 13.0. The van der Waals surface area contributed by atoms with Gasteiger partial charge in [0.25, 0.3) is 5.56 Å². The lowest BCUT2D eigenvalue weighted by Gasteiger charge is -2.13. The normalized spacial score (nSPS) is 12.9. The van der Waals surface area contributed by atoms with Crippen molar-refractivity contribution in [1.82, 2.24) is 24.3 Å². The Kier molecular flexibility index (Phi) is 6.47. The van der Waals surface area contributed by atoms with Crippen molar-refractivity contribution >= 4 is 33.9 Å². The Morgan fingerprint density at radius 3 is 2.74 bits per heavy atom. The lowest BCUT2D eigenvalue weighted by molar-refractivity contribution is 0.366. The van der Waals surface area contributed by atoms with Gasteiger partial charge < -0.3 is 4.52 Å². The summed E-state index contributed by atoms with van der Waals surface area (Å²) < 4.78 is 8.16. The van der Waals surface area contributed by atoms with Gasteiger partial charge >= 0.3 is 5.69 Å². The van der Waals surface area contributed by atoms with E-state index >= 15 is 0 Å². The molecule has 31 heavy (non-hydrogen) atoms. The highest BCUT2D eigenvalue weighted by atomic mass is 35.5. The highest BCUT2D eigenvalue weighted by Gasteiger charge is 2.24. The van der Waals surface area contributed by atoms with Gasteiger partial charge in [0.15, 0.2) is 5.82 Å². The third kappa shape index (κ3) is 4.69. The molecule has 0 radical (unpaired) electrons. The standard InChI is InChI=1S/C20H23ClN6O3S/c1-3-4-7-26-18-13(9-14(21)23-18)19(28)27(20(26)29)8-5-6-16-24-15(25-30-16)10-17-22-12(2)11-31-17/h11H,3-10H2,1-2H3. The molecule has 0 aromatic carbocycles. The van der Waals surface area contributed by atoms with Crippen molar-refractivity contribution in [1.29, 1.82) is 0 Å². The lowest BCUT2D eigenvalue weighted by Crippen LogP contribution is -2.41. The van der Waals surface area contributed by atoms with Gasteiger partial charge in [-0.1, -0.05) is 30.1 Å². The molecule has 164 valence electrons. The predicted molar refractivity (Wildman–Crippen MR) is 119 cm³/mol. The Morgan fingerprint density at radius 1 is 1.19 bits per heavy atom. The molecule has 11 heteroatoms. The van der Waals surface area contributed by atoms with Gasteiger partial charge in [0.2, 0.25) is 5.89 Å². The molecule has 0 atom stereocenters. The van der Waals surface area contributed by atoms with Crippen molar-refractivity contribution in [3.05, 3.63) is 54.2 Å². The second-order valence-corrected chi connectivity index (χ2v) is 8.86. The lowest BCUT2D eigenvalue weighted by atomic mass is 10.2. The average Bonchev–Trinajstić information content (AvgIpc) is 3.45. The van der Waals surface area contributed by atoms with Crippen LogP contribution in [0.1, 0.15) is 54.2 Å². The molecule has 9 nitrogen and oxygen atoms in total. The van der Waals surface area contributed by atoms with E-state index in [-0.39, 0.29) is 24.2 Å². The maximum Gasteiger partial charge on any atom is 0.332 e. The van der Waals surface area contributed by atoms with E-state index in [0.717, 1.165) is 23.5 Å². The van der Waals surface area contributed by atoms with Crippen LogP contribution in [0.3, 0.4) is 0 Å². The number of aliphatic imine (C=N–C) groups is 1. The molecular formula is C20H23ClN6O3S. The third-order valence-electron chi connectivity index (χ3n) is 5.03. The van der Waals surface area contributed by atoms with E-state index in [9.17, 15) is 9.59 Å². The van der Waals surface area contributed by atoms with Gasteiger partial charge in [-0.05, 0) is 19.8 Å². The molecule has 0 N–H and O–H groups in total. The minimum atomic E-state index is -0.349. The Bertz CT molecular complexity index is 1240. The van der Waals surface area contributed by atoms with Crippen molar-refractivity contribution in [3.63, 3.8) is 0 Å². The Hall–Kier alpha value is -2.59. The van der Waals surface area contributed by atoms with Crippen LogP contribution in [0.4, 0.5) is 5.82 Å². The number of thiazole rings is 1. The average molecular weight is 463 g/mol. The smallest absolute Gasteiger partial charge is 0.332 e. The fourth-order valence-electron chi connectivity index (χ4n) is 3.51. The zero-order valence-electron chi connectivity index (χ0n) is 17.4. The van der Waals surface area contributed by atoms with E-state index in [2.05, 4.69) is 20.1 Å². The van der Waals surface area contributed by atoms with E-state index in [0.29, 0.717) is 54.1 Å². The minimum Gasteiger partial charge on any atom is -0.339 e. The van der Waals surface area contributed by atoms with E-state index in [1.54, 1.807) is 15.9 Å². The molecule has 0 aliphatic carbocycles. The second-order valence-electron chi connectivity index (χ2n) is 7.48. The fraction of sp³-hybridized carbons (Fsp3) is 0.500. The van der Waals surface area contributed by atoms with Crippen molar-refractivity contribution < 1.29 is 4.52 Å². The Labute approximate surface area is 187 Å². The molecule has 4 rings (SSSR count). The molecule has 1 aliphatic heterocycles. The number of halogens is 1. The number of fused-ring (bicyclic) bond motifs is 1. The third-order valence-corrected chi connectivity index (χ3v) is 6.22. The Morgan fingerprint density at radius 2 is 2.00 bits per heavy atom. The summed E-state index contributed by atoms with van der Waals surface area (Å²) in [6.45, 7) is 4.76. The number of hydrogen-bond acceptors (Lipinski definition) is 8. The number of aromatic nitrogens is 5. The van der Waals surface area contributed by atoms with Gasteiger partial charge in [-0.3, -0.25) is 13.9 Å². The van der Waals surface area contributed by atoms with Crippen LogP contribution in [0.2, 0.25) is 0 Å². The van der Waals surface area contributed by atoms with Gasteiger partial charge in [0.1, 0.15) is 16.0 Å². The Balaban J connectivity index is 1.46. The molecule has 1 aliphatic rings. The number of aryl methyl sites for hydroxylation is 2. The molecular weight excluding hydrogens is 440 g/mol. The predicted octanol–water partition coefficient (Wildman–Crippen LogP) is 3.01. The second kappa shape index (κ2) is 9.27. The van der Waals surface area contributed by atoms with E-state index in [1.807, 2.05) is 19.2 Å². The molecule has 3 aromatic rings. The molecule has 0 spiro atoms. The summed E-state index contributed by atoms with van der Waals surface area (Å²) in [5.74, 6) is 1.46. The molecule has 0 fully saturated rings. The van der Waals surface area contributed by atoms with Crippen LogP contribution in [0.15, 0.2) is 24.5 Å². The molecule has 4 heterocycles. The molecule has 0 saturated carbocycles. The number of hydrogen-bond donors (Lipinski definition) is 0. The number of rotatable bonds is 9. The molecule has 3 aromatic heterocycles. The van der Waals surface area contributed by atoms with Crippen LogP contribution < -0.4 is 11.2 Å². The summed E-state index contributed by atoms with van der Waals surface area (Å²) in [6, 6.07) is 0. The van der Waals surface area contributed by atoms with E-state index in [4.69, 9.17) is 16.1 Å². The van der Waals surface area contributed by atoms with Gasteiger partial charge in [-0.15, -0.1) is 11.3 Å². The summed E-state index contributed by atoms with van der Waals surface area (Å²) >= 11 is 7.62. The van der Waals surface area contributed by atoms with E-state index < -0.39 is 0 Å². The maximum atomic E-state index is 13.0. The summed E-state index contributed by atoms with van der Waals surface area (Å²) in [4.78, 5) is 38.9. The molecule has 0 unspecified atom stereocenters. The first-order chi connectivity index (χ1) is 15.0. The first-order valence-corrected chi connectivity index (χ1v) is 11.5. The van der Waals surface area contributed by atoms with Gasteiger partial charge in [0.05, 0.1) is 12.0 Å². The van der Waals surface area contributed by atoms with Crippen LogP contribution in [0, 0.1) is 6.92 Å². The SMILES string of the molecule is CCCCn1c2c(c(=O)n(CCCc3nc(Cc4nc(C)cs4)no3)c1=O)CC(Cl)=N2. The molecule has 0 bridgehead atoms. The quantitative estimate of drug-likeness (QED) is 0.483. The van der Waals surface area contributed by atoms with Crippen molar-refractivity contribution in [2.24, 2.45) is 4.99 Å². The van der Waals surface area contributed by atoms with Crippen LogP contribution in [-0.2, 0) is 32.4 Å². The molecule has 0 saturated heterocycles. The van der Waals surface area contributed by atoms with Crippen LogP contribution >= 0.6 is 22.9 Å². The topological polar surface area (TPSA) is 108 Å². The summed E-state index contributed by atoms with van der Waals surface area (Å²) in [5.41, 5.74) is 0.787. The number of unbranched alkanes of at least 4 members (excludes halogenated alkanes) is 1. The zero-order valence-corrected chi connectivity index (χ0v) is 19.0. The largest absolute Gasteiger partial charge is 0.339 e. The van der Waals surface area contributed by atoms with Crippen molar-refractivity contribution in [3.8, 4) is 0 Å². The van der Waals surface area contributed by atoms with Crippen LogP contribution in [0.25, 0.3) is 0 Å². The first kappa shape index (κ1) is 21.6. The van der Waals surface area contributed by atoms with Crippen molar-refractivity contribution in [2.75, 3.05) is 0 Å². The highest BCUT2D eigenvalue weighted by Crippen LogP contribution is 2.24. The van der Waals surface area contributed by atoms with E-state index in [1.165, 1.54) is 4.57 Å². The van der Waals surface area contributed by atoms with Crippen LogP contribution in [0.5, 0.6) is 0 Å². The van der Waals surface area contributed by atoms with Gasteiger partial charge in [-0.25, -0.2) is 14.8 Å². The minimum absolute atomic E-state index is 0.262. The summed E-state index contributed by atoms with van der Waals surface area (Å²) in [5, 5.41) is 7.25. The highest BCUT2D eigenvalue weighted by molar-refractivity contribution is 7.09. The van der Waals surface area contributed by atoms with Gasteiger partial charge in [0, 0.05) is 37.0 Å². The summed E-state index contributed by atoms with van der Waals surface area (Å²) in [7, 11) is 0. The zero-order chi connectivity index (χ0) is 22.0. The van der Waals surface area contributed by atoms with Crippen LogP contribution in [-0.4, -0.2) is 29.4 Å². The first-order valence-electron chi connectivity index (χ1n) is 10.3. The van der Waals surface area contributed by atoms with Crippen molar-refractivity contribution in [2.45, 2.75) is 65.5 Å². The molecule has 0 amide bonds. The number of nitrogens with zero attached hydrogens (tertiary/aromatic N) is 6. The summed E-state index contributed by atoms with van der Waals surface area (Å²) in [6.07, 6.45) is 3.53.